The predicted molar refractivity (Wildman–Crippen MR) is 115 cm³/mol. The van der Waals surface area contributed by atoms with Gasteiger partial charge in [-0.1, -0.05) is 42.1 Å². The molecule has 2 amide bonds. The van der Waals surface area contributed by atoms with Crippen LogP contribution in [0.3, 0.4) is 0 Å². The largest absolute Gasteiger partial charge is 0.366 e. The van der Waals surface area contributed by atoms with Crippen molar-refractivity contribution in [3.05, 3.63) is 78.2 Å². The van der Waals surface area contributed by atoms with Crippen molar-refractivity contribution in [1.82, 2.24) is 19.7 Å². The Bertz CT molecular complexity index is 1190. The Kier molecular flexibility index (Phi) is 5.71. The standard InChI is InChI=1S/C21H18N6O2S/c22-19(29)15-6-8-16(9-7-15)26-18(28)12-30-21-17-10-25-27(20(17)23-13-24-21)11-14-4-2-1-3-5-14/h1-10,13H,11-12H2,(H2,22,29)(H,26,28). The lowest BCUT2D eigenvalue weighted by Gasteiger charge is -2.06. The highest BCUT2D eigenvalue weighted by atomic mass is 32.2. The third kappa shape index (κ3) is 4.47. The third-order valence-corrected chi connectivity index (χ3v) is 5.37. The molecule has 150 valence electrons. The summed E-state index contributed by atoms with van der Waals surface area (Å²) in [6, 6.07) is 16.4. The second-order valence-electron chi connectivity index (χ2n) is 6.48. The zero-order valence-corrected chi connectivity index (χ0v) is 16.7. The van der Waals surface area contributed by atoms with Crippen LogP contribution in [0.1, 0.15) is 15.9 Å². The highest BCUT2D eigenvalue weighted by molar-refractivity contribution is 8.00. The van der Waals surface area contributed by atoms with Crippen molar-refractivity contribution in [1.29, 1.82) is 0 Å². The Morgan fingerprint density at radius 3 is 2.53 bits per heavy atom. The van der Waals surface area contributed by atoms with Gasteiger partial charge in [-0.15, -0.1) is 0 Å². The van der Waals surface area contributed by atoms with Crippen LogP contribution in [-0.4, -0.2) is 37.3 Å². The predicted octanol–water partition coefficient (Wildman–Crippen LogP) is 2.70. The minimum Gasteiger partial charge on any atom is -0.366 e. The Morgan fingerprint density at radius 2 is 1.80 bits per heavy atom. The van der Waals surface area contributed by atoms with Crippen LogP contribution in [0.15, 0.2) is 72.1 Å². The van der Waals surface area contributed by atoms with E-state index in [1.54, 1.807) is 30.5 Å². The number of hydrogen-bond acceptors (Lipinski definition) is 6. The fourth-order valence-corrected chi connectivity index (χ4v) is 3.67. The maximum Gasteiger partial charge on any atom is 0.248 e. The summed E-state index contributed by atoms with van der Waals surface area (Å²) < 4.78 is 1.82. The number of aromatic nitrogens is 4. The van der Waals surface area contributed by atoms with Gasteiger partial charge in [-0.3, -0.25) is 9.59 Å². The summed E-state index contributed by atoms with van der Waals surface area (Å²) in [5, 5.41) is 8.72. The van der Waals surface area contributed by atoms with Gasteiger partial charge in [-0.05, 0) is 29.8 Å². The van der Waals surface area contributed by atoms with E-state index in [1.165, 1.54) is 18.1 Å². The lowest BCUT2D eigenvalue weighted by atomic mass is 10.2. The molecule has 0 radical (unpaired) electrons. The van der Waals surface area contributed by atoms with Gasteiger partial charge in [0, 0.05) is 11.3 Å². The monoisotopic (exact) mass is 418 g/mol. The summed E-state index contributed by atoms with van der Waals surface area (Å²) in [5.41, 5.74) is 8.04. The van der Waals surface area contributed by atoms with E-state index >= 15 is 0 Å². The summed E-state index contributed by atoms with van der Waals surface area (Å²) in [7, 11) is 0. The average Bonchev–Trinajstić information content (AvgIpc) is 3.17. The summed E-state index contributed by atoms with van der Waals surface area (Å²) in [6.07, 6.45) is 3.20. The van der Waals surface area contributed by atoms with Gasteiger partial charge >= 0.3 is 0 Å². The van der Waals surface area contributed by atoms with Crippen LogP contribution >= 0.6 is 11.8 Å². The summed E-state index contributed by atoms with van der Waals surface area (Å²) in [5.74, 6) is -0.521. The first-order valence-corrected chi connectivity index (χ1v) is 10.1. The molecule has 0 atom stereocenters. The number of amides is 2. The molecule has 9 heteroatoms. The number of nitrogens with one attached hydrogen (secondary N) is 1. The van der Waals surface area contributed by atoms with Crippen molar-refractivity contribution in [2.75, 3.05) is 11.1 Å². The number of fused-ring (bicyclic) bond motifs is 1. The Balaban J connectivity index is 1.42. The van der Waals surface area contributed by atoms with Crippen molar-refractivity contribution in [3.63, 3.8) is 0 Å². The number of nitrogens with two attached hydrogens (primary N) is 1. The molecular weight excluding hydrogens is 400 g/mol. The van der Waals surface area contributed by atoms with Crippen LogP contribution in [0.25, 0.3) is 11.0 Å². The van der Waals surface area contributed by atoms with Crippen LogP contribution in [0, 0.1) is 0 Å². The molecule has 3 N–H and O–H groups in total. The van der Waals surface area contributed by atoms with E-state index in [0.717, 1.165) is 16.6 Å². The van der Waals surface area contributed by atoms with Crippen molar-refractivity contribution >= 4 is 40.3 Å². The molecule has 4 aromatic rings. The van der Waals surface area contributed by atoms with Crippen molar-refractivity contribution in [3.8, 4) is 0 Å². The van der Waals surface area contributed by atoms with Gasteiger partial charge in [0.15, 0.2) is 5.65 Å². The normalized spacial score (nSPS) is 10.8. The minimum absolute atomic E-state index is 0.174. The molecule has 8 nitrogen and oxygen atoms in total. The van der Waals surface area contributed by atoms with E-state index in [4.69, 9.17) is 5.73 Å². The Morgan fingerprint density at radius 1 is 1.03 bits per heavy atom. The quantitative estimate of drug-likeness (QED) is 0.352. The zero-order valence-electron chi connectivity index (χ0n) is 15.9. The number of nitrogens with zero attached hydrogens (tertiary/aromatic N) is 4. The molecule has 0 spiro atoms. The van der Waals surface area contributed by atoms with E-state index in [9.17, 15) is 9.59 Å². The van der Waals surface area contributed by atoms with Crippen LogP contribution in [0.2, 0.25) is 0 Å². The van der Waals surface area contributed by atoms with Gasteiger partial charge in [-0.2, -0.15) is 5.10 Å². The molecule has 4 rings (SSSR count). The van der Waals surface area contributed by atoms with Gasteiger partial charge in [-0.25, -0.2) is 14.6 Å². The van der Waals surface area contributed by atoms with Crippen LogP contribution in [0.4, 0.5) is 5.69 Å². The maximum absolute atomic E-state index is 12.3. The van der Waals surface area contributed by atoms with Crippen molar-refractivity contribution in [2.24, 2.45) is 5.73 Å². The van der Waals surface area contributed by atoms with E-state index in [2.05, 4.69) is 20.4 Å². The number of rotatable bonds is 7. The summed E-state index contributed by atoms with van der Waals surface area (Å²) in [4.78, 5) is 32.1. The molecule has 2 heterocycles. The number of carbonyl (C=O) groups excluding carboxylic acids is 2. The Hall–Kier alpha value is -3.72. The third-order valence-electron chi connectivity index (χ3n) is 4.37. The van der Waals surface area contributed by atoms with E-state index in [0.29, 0.717) is 22.8 Å². The number of hydrogen-bond donors (Lipinski definition) is 2. The molecule has 0 unspecified atom stereocenters. The topological polar surface area (TPSA) is 116 Å². The first-order chi connectivity index (χ1) is 14.6. The molecule has 0 aliphatic heterocycles. The second kappa shape index (κ2) is 8.75. The molecule has 0 aliphatic rings. The molecule has 0 saturated heterocycles. The van der Waals surface area contributed by atoms with Crippen LogP contribution in [-0.2, 0) is 11.3 Å². The van der Waals surface area contributed by atoms with E-state index in [1.807, 2.05) is 35.0 Å². The fourth-order valence-electron chi connectivity index (χ4n) is 2.91. The molecule has 2 aromatic carbocycles. The van der Waals surface area contributed by atoms with Crippen molar-refractivity contribution < 1.29 is 9.59 Å². The second-order valence-corrected chi connectivity index (χ2v) is 7.45. The molecule has 30 heavy (non-hydrogen) atoms. The van der Waals surface area contributed by atoms with Crippen LogP contribution < -0.4 is 11.1 Å². The van der Waals surface area contributed by atoms with Crippen LogP contribution in [0.5, 0.6) is 0 Å². The lowest BCUT2D eigenvalue weighted by Crippen LogP contribution is -2.15. The molecule has 0 fully saturated rings. The van der Waals surface area contributed by atoms with Crippen molar-refractivity contribution in [2.45, 2.75) is 11.6 Å². The molecule has 2 aromatic heterocycles. The fraction of sp³-hybridized carbons (Fsp3) is 0.0952. The molecular formula is C21H18N6O2S. The van der Waals surface area contributed by atoms with Gasteiger partial charge in [0.2, 0.25) is 11.8 Å². The first kappa shape index (κ1) is 19.6. The number of anilines is 1. The molecule has 0 bridgehead atoms. The van der Waals surface area contributed by atoms with Gasteiger partial charge < -0.3 is 11.1 Å². The maximum atomic E-state index is 12.3. The Labute approximate surface area is 176 Å². The number of primary amides is 1. The van der Waals surface area contributed by atoms with Gasteiger partial charge in [0.1, 0.15) is 11.4 Å². The molecule has 0 aliphatic carbocycles. The number of benzene rings is 2. The average molecular weight is 418 g/mol. The smallest absolute Gasteiger partial charge is 0.248 e. The number of thioether (sulfide) groups is 1. The van der Waals surface area contributed by atoms with Gasteiger partial charge in [0.05, 0.1) is 23.9 Å². The summed E-state index contributed by atoms with van der Waals surface area (Å²) in [6.45, 7) is 0.604. The summed E-state index contributed by atoms with van der Waals surface area (Å²) >= 11 is 1.31. The van der Waals surface area contributed by atoms with E-state index in [-0.39, 0.29) is 11.7 Å². The highest BCUT2D eigenvalue weighted by Crippen LogP contribution is 2.24. The van der Waals surface area contributed by atoms with Gasteiger partial charge in [0.25, 0.3) is 0 Å². The zero-order chi connectivity index (χ0) is 20.9. The lowest BCUT2D eigenvalue weighted by molar-refractivity contribution is -0.113. The minimum atomic E-state index is -0.510. The highest BCUT2D eigenvalue weighted by Gasteiger charge is 2.12. The SMILES string of the molecule is NC(=O)c1ccc(NC(=O)CSc2ncnc3c2cnn3Cc2ccccc2)cc1. The van der Waals surface area contributed by atoms with E-state index < -0.39 is 5.91 Å². The number of carbonyl (C=O) groups is 2. The molecule has 0 saturated carbocycles. The first-order valence-electron chi connectivity index (χ1n) is 9.13.